The number of hydrogen-bond acceptors (Lipinski definition) is 5. The first kappa shape index (κ1) is 8.16. The Bertz CT molecular complexity index is 211. The van der Waals surface area contributed by atoms with Gasteiger partial charge in [-0.25, -0.2) is 0 Å². The molecule has 2 N–H and O–H groups in total. The van der Waals surface area contributed by atoms with Crippen LogP contribution in [0, 0.1) is 0 Å². The maximum atomic E-state index is 5.28. The summed E-state index contributed by atoms with van der Waals surface area (Å²) >= 11 is 0. The normalized spacial score (nSPS) is 10.4. The predicted octanol–water partition coefficient (Wildman–Crippen LogP) is -0.283. The van der Waals surface area contributed by atoms with Crippen molar-refractivity contribution in [1.29, 1.82) is 0 Å². The fraction of sp³-hybridized carbons (Fsp3) is 0.667. The number of hydrogen-bond donors (Lipinski definition) is 1. The second-order valence-corrected chi connectivity index (χ2v) is 2.05. The summed E-state index contributed by atoms with van der Waals surface area (Å²) < 4.78 is 9.67. The molecule has 0 saturated heterocycles. The summed E-state index contributed by atoms with van der Waals surface area (Å²) in [6.45, 7) is 0.905. The molecule has 0 radical (unpaired) electrons. The number of nitrogens with zero attached hydrogens (tertiary/aromatic N) is 2. The molecule has 0 aliphatic rings. The maximum Gasteiger partial charge on any atom is 0.229 e. The molecule has 1 aromatic rings. The minimum Gasteiger partial charge on any atom is -0.384 e. The molecule has 0 bridgehead atoms. The van der Waals surface area contributed by atoms with Crippen LogP contribution in [-0.2, 0) is 17.7 Å². The second-order valence-electron chi connectivity index (χ2n) is 2.05. The van der Waals surface area contributed by atoms with Gasteiger partial charge in [0.2, 0.25) is 5.89 Å². The Balaban J connectivity index is 2.44. The third kappa shape index (κ3) is 2.28. The van der Waals surface area contributed by atoms with E-state index in [1.165, 1.54) is 0 Å². The molecule has 0 aliphatic carbocycles. The Hall–Kier alpha value is -0.940. The van der Waals surface area contributed by atoms with Crippen molar-refractivity contribution in [1.82, 2.24) is 10.1 Å². The molecule has 0 amide bonds. The van der Waals surface area contributed by atoms with Gasteiger partial charge < -0.3 is 15.0 Å². The zero-order chi connectivity index (χ0) is 8.10. The number of rotatable bonds is 4. The van der Waals surface area contributed by atoms with Crippen molar-refractivity contribution in [2.24, 2.45) is 5.73 Å². The molecule has 0 spiro atoms. The van der Waals surface area contributed by atoms with Gasteiger partial charge in [0.1, 0.15) is 0 Å². The van der Waals surface area contributed by atoms with Crippen LogP contribution in [0.25, 0.3) is 0 Å². The molecule has 0 aliphatic heterocycles. The van der Waals surface area contributed by atoms with E-state index in [0.29, 0.717) is 31.3 Å². The van der Waals surface area contributed by atoms with Gasteiger partial charge in [0, 0.05) is 7.11 Å². The largest absolute Gasteiger partial charge is 0.384 e. The molecule has 0 aromatic carbocycles. The molecular weight excluding hydrogens is 146 g/mol. The van der Waals surface area contributed by atoms with Crippen LogP contribution in [0.3, 0.4) is 0 Å². The van der Waals surface area contributed by atoms with Gasteiger partial charge in [0.25, 0.3) is 0 Å². The first-order chi connectivity index (χ1) is 5.36. The van der Waals surface area contributed by atoms with Crippen molar-refractivity contribution in [2.75, 3.05) is 13.7 Å². The van der Waals surface area contributed by atoms with Crippen molar-refractivity contribution in [3.05, 3.63) is 11.7 Å². The van der Waals surface area contributed by atoms with Crippen LogP contribution >= 0.6 is 0 Å². The average Bonchev–Trinajstić information content (AvgIpc) is 2.48. The van der Waals surface area contributed by atoms with Crippen LogP contribution in [0.5, 0.6) is 0 Å². The highest BCUT2D eigenvalue weighted by Gasteiger charge is 2.02. The van der Waals surface area contributed by atoms with Gasteiger partial charge in [-0.05, 0) is 0 Å². The number of ether oxygens (including phenoxy) is 1. The van der Waals surface area contributed by atoms with Crippen LogP contribution in [0.4, 0.5) is 0 Å². The fourth-order valence-electron chi connectivity index (χ4n) is 0.664. The minimum absolute atomic E-state index is 0.316. The van der Waals surface area contributed by atoms with Crippen LogP contribution < -0.4 is 5.73 Å². The zero-order valence-corrected chi connectivity index (χ0v) is 6.41. The summed E-state index contributed by atoms with van der Waals surface area (Å²) in [5.74, 6) is 1.11. The van der Waals surface area contributed by atoms with E-state index in [1.54, 1.807) is 7.11 Å². The third-order valence-corrected chi connectivity index (χ3v) is 1.21. The lowest BCUT2D eigenvalue weighted by Gasteiger charge is -1.89. The Kier molecular flexibility index (Phi) is 3.00. The van der Waals surface area contributed by atoms with Gasteiger partial charge in [-0.3, -0.25) is 0 Å². The lowest BCUT2D eigenvalue weighted by atomic mass is 10.4. The van der Waals surface area contributed by atoms with E-state index in [1.807, 2.05) is 0 Å². The van der Waals surface area contributed by atoms with Gasteiger partial charge in [-0.15, -0.1) is 0 Å². The molecule has 0 unspecified atom stereocenters. The molecule has 1 rings (SSSR count). The van der Waals surface area contributed by atoms with Crippen molar-refractivity contribution in [3.63, 3.8) is 0 Å². The molecule has 5 nitrogen and oxygen atoms in total. The summed E-state index contributed by atoms with van der Waals surface area (Å²) in [5, 5.41) is 3.62. The second kappa shape index (κ2) is 4.05. The topological polar surface area (TPSA) is 74.2 Å². The van der Waals surface area contributed by atoms with Crippen molar-refractivity contribution >= 4 is 0 Å². The molecule has 5 heteroatoms. The Labute approximate surface area is 64.5 Å². The molecular formula is C6H11N3O2. The molecule has 11 heavy (non-hydrogen) atoms. The first-order valence-corrected chi connectivity index (χ1v) is 3.37. The molecule has 1 aromatic heterocycles. The van der Waals surface area contributed by atoms with Crippen LogP contribution in [-0.4, -0.2) is 23.9 Å². The molecule has 0 atom stereocenters. The van der Waals surface area contributed by atoms with Crippen LogP contribution in [0.2, 0.25) is 0 Å². The summed E-state index contributed by atoms with van der Waals surface area (Å²) in [6, 6.07) is 0. The SMILES string of the molecule is COCCc1nc(CN)no1. The van der Waals surface area contributed by atoms with Gasteiger partial charge >= 0.3 is 0 Å². The highest BCUT2D eigenvalue weighted by atomic mass is 16.5. The van der Waals surface area contributed by atoms with Crippen LogP contribution in [0.15, 0.2) is 4.52 Å². The standard InChI is InChI=1S/C6H11N3O2/c1-10-3-2-6-8-5(4-7)9-11-6/h2-4,7H2,1H3. The summed E-state index contributed by atoms with van der Waals surface area (Å²) in [5.41, 5.74) is 5.28. The zero-order valence-electron chi connectivity index (χ0n) is 6.41. The fourth-order valence-corrected chi connectivity index (χ4v) is 0.664. The van der Waals surface area contributed by atoms with Crippen molar-refractivity contribution in [3.8, 4) is 0 Å². The monoisotopic (exact) mass is 157 g/mol. The number of methoxy groups -OCH3 is 1. The predicted molar refractivity (Wildman–Crippen MR) is 37.8 cm³/mol. The summed E-state index contributed by atoms with van der Waals surface area (Å²) in [7, 11) is 1.63. The Morgan fingerprint density at radius 1 is 1.64 bits per heavy atom. The summed E-state index contributed by atoms with van der Waals surface area (Å²) in [4.78, 5) is 3.98. The van der Waals surface area contributed by atoms with Gasteiger partial charge in [-0.1, -0.05) is 5.16 Å². The summed E-state index contributed by atoms with van der Waals surface area (Å²) in [6.07, 6.45) is 0.642. The van der Waals surface area contributed by atoms with E-state index in [4.69, 9.17) is 15.0 Å². The average molecular weight is 157 g/mol. The lowest BCUT2D eigenvalue weighted by Crippen LogP contribution is -1.99. The van der Waals surface area contributed by atoms with E-state index >= 15 is 0 Å². The smallest absolute Gasteiger partial charge is 0.229 e. The highest BCUT2D eigenvalue weighted by Crippen LogP contribution is 1.96. The quantitative estimate of drug-likeness (QED) is 0.650. The first-order valence-electron chi connectivity index (χ1n) is 3.37. The Morgan fingerprint density at radius 3 is 3.00 bits per heavy atom. The molecule has 0 fully saturated rings. The van der Waals surface area contributed by atoms with E-state index in [-0.39, 0.29) is 0 Å². The van der Waals surface area contributed by atoms with Crippen molar-refractivity contribution < 1.29 is 9.26 Å². The van der Waals surface area contributed by atoms with Crippen LogP contribution in [0.1, 0.15) is 11.7 Å². The number of nitrogens with two attached hydrogens (primary N) is 1. The lowest BCUT2D eigenvalue weighted by molar-refractivity contribution is 0.192. The van der Waals surface area contributed by atoms with E-state index < -0.39 is 0 Å². The Morgan fingerprint density at radius 2 is 2.45 bits per heavy atom. The maximum absolute atomic E-state index is 5.28. The third-order valence-electron chi connectivity index (χ3n) is 1.21. The van der Waals surface area contributed by atoms with Gasteiger partial charge in [-0.2, -0.15) is 4.98 Å². The molecule has 0 saturated carbocycles. The van der Waals surface area contributed by atoms with E-state index in [0.717, 1.165) is 0 Å². The van der Waals surface area contributed by atoms with Gasteiger partial charge in [0.15, 0.2) is 5.82 Å². The van der Waals surface area contributed by atoms with Gasteiger partial charge in [0.05, 0.1) is 19.6 Å². The van der Waals surface area contributed by atoms with Crippen molar-refractivity contribution in [2.45, 2.75) is 13.0 Å². The highest BCUT2D eigenvalue weighted by molar-refractivity contribution is 4.84. The number of aromatic nitrogens is 2. The van der Waals surface area contributed by atoms with E-state index in [2.05, 4.69) is 10.1 Å². The van der Waals surface area contributed by atoms with E-state index in [9.17, 15) is 0 Å². The molecule has 1 heterocycles. The molecule has 62 valence electrons. The minimum atomic E-state index is 0.316.